The number of nitrogens with one attached hydrogen (secondary N) is 3. The fraction of sp³-hybridized carbons (Fsp3) is 0.481. The minimum absolute atomic E-state index is 0.0122. The molecule has 0 spiro atoms. The van der Waals surface area contributed by atoms with E-state index in [0.717, 1.165) is 13.8 Å². The molecule has 0 aromatic heterocycles. The number of hydrogen-bond acceptors (Lipinski definition) is 16. The molecule has 3 unspecified atom stereocenters. The van der Waals surface area contributed by atoms with Crippen molar-refractivity contribution in [3.05, 3.63) is 119 Å². The lowest BCUT2D eigenvalue weighted by Crippen LogP contribution is -2.81. The number of fused-ring (bicyclic) bond motifs is 5. The number of hydrogen-bond donors (Lipinski definition) is 5. The van der Waals surface area contributed by atoms with Gasteiger partial charge in [-0.1, -0.05) is 103 Å². The number of halogens is 1. The van der Waals surface area contributed by atoms with E-state index in [9.17, 15) is 43.8 Å². The number of carbonyl (C=O) groups excluding carboxylic acids is 8. The Morgan fingerprint density at radius 2 is 1.41 bits per heavy atom. The van der Waals surface area contributed by atoms with Gasteiger partial charge in [0.25, 0.3) is 5.91 Å². The molecular formula is C54H62BrN3O16. The number of ether oxygens (including phenoxy) is 6. The third kappa shape index (κ3) is 10.6. The quantitative estimate of drug-likeness (QED) is 0.0400. The number of aliphatic hydroxyl groups is 2. The highest BCUT2D eigenvalue weighted by Crippen LogP contribution is 2.66. The molecule has 20 heteroatoms. The summed E-state index contributed by atoms with van der Waals surface area (Å²) in [5.74, 6) is -9.51. The SMILES string of the molecule is CC(=O)O[C@H]1C(=O)[C@]2(C)C(C(=O)NCCOCCNC(=O)CBr)C[C@H]3OC[C@@]3(OC(C)=O)C2C(OC(=O)c2ccccc2)[C@]2(O)C[C@H](OC(=O)[C@H](O)[C@@H](NC(=O)c3ccccc3)c3ccccc3)C(C)=C1C2(C)C. The zero-order valence-electron chi connectivity index (χ0n) is 41.9. The molecule has 0 radical (unpaired) electrons. The van der Waals surface area contributed by atoms with Gasteiger partial charge in [0.15, 0.2) is 23.6 Å². The third-order valence-corrected chi connectivity index (χ3v) is 15.6. The fourth-order valence-electron chi connectivity index (χ4n) is 11.4. The number of aliphatic hydroxyl groups excluding tert-OH is 1. The van der Waals surface area contributed by atoms with Crippen LogP contribution in [0.2, 0.25) is 0 Å². The van der Waals surface area contributed by atoms with Gasteiger partial charge in [-0.3, -0.25) is 28.8 Å². The van der Waals surface area contributed by atoms with E-state index < -0.39 is 118 Å². The summed E-state index contributed by atoms with van der Waals surface area (Å²) in [6.45, 7) is 8.09. The smallest absolute Gasteiger partial charge is 0.338 e. The van der Waals surface area contributed by atoms with Gasteiger partial charge in [-0.15, -0.1) is 0 Å². The maximum absolute atomic E-state index is 16.2. The number of alkyl halides is 1. The fourth-order valence-corrected chi connectivity index (χ4v) is 11.6. The predicted molar refractivity (Wildman–Crippen MR) is 266 cm³/mol. The maximum Gasteiger partial charge on any atom is 0.338 e. The summed E-state index contributed by atoms with van der Waals surface area (Å²) in [4.78, 5) is 112. The topological polar surface area (TPSA) is 268 Å². The normalized spacial score (nSPS) is 28.4. The largest absolute Gasteiger partial charge is 0.456 e. The average Bonchev–Trinajstić information content (AvgIpc) is 3.37. The Bertz CT molecular complexity index is 2650. The van der Waals surface area contributed by atoms with Crippen molar-refractivity contribution >= 4 is 63.3 Å². The number of rotatable bonds is 18. The van der Waals surface area contributed by atoms with Gasteiger partial charge >= 0.3 is 23.9 Å². The van der Waals surface area contributed by atoms with E-state index in [2.05, 4.69) is 31.9 Å². The van der Waals surface area contributed by atoms with Gasteiger partial charge in [-0.2, -0.15) is 0 Å². The van der Waals surface area contributed by atoms with Crippen molar-refractivity contribution in [3.63, 3.8) is 0 Å². The van der Waals surface area contributed by atoms with Crippen LogP contribution >= 0.6 is 15.9 Å². The highest BCUT2D eigenvalue weighted by atomic mass is 79.9. The van der Waals surface area contributed by atoms with Gasteiger partial charge in [0.05, 0.1) is 54.0 Å². The zero-order valence-corrected chi connectivity index (χ0v) is 43.5. The minimum atomic E-state index is -2.49. The van der Waals surface area contributed by atoms with E-state index in [-0.39, 0.29) is 72.8 Å². The van der Waals surface area contributed by atoms with Crippen LogP contribution in [0.3, 0.4) is 0 Å². The van der Waals surface area contributed by atoms with E-state index in [1.165, 1.54) is 26.0 Å². The summed E-state index contributed by atoms with van der Waals surface area (Å²) in [7, 11) is 0. The molecule has 3 aliphatic carbocycles. The Morgan fingerprint density at radius 1 is 0.811 bits per heavy atom. The maximum atomic E-state index is 16.2. The molecule has 3 fully saturated rings. The van der Waals surface area contributed by atoms with Crippen LogP contribution in [0.5, 0.6) is 0 Å². The number of esters is 4. The molecular weight excluding hydrogens is 1030 g/mol. The van der Waals surface area contributed by atoms with Gasteiger partial charge in [0.2, 0.25) is 11.8 Å². The number of Topliss-reactive ketones (excluding diaryl/α,β-unsaturated/α-hetero) is 1. The predicted octanol–water partition coefficient (Wildman–Crippen LogP) is 3.63. The summed E-state index contributed by atoms with van der Waals surface area (Å²) >= 11 is 3.08. The summed E-state index contributed by atoms with van der Waals surface area (Å²) in [5.41, 5.74) is -7.59. The van der Waals surface area contributed by atoms with E-state index in [1.807, 2.05) is 0 Å². The van der Waals surface area contributed by atoms with Crippen LogP contribution < -0.4 is 16.0 Å². The number of benzene rings is 3. The Morgan fingerprint density at radius 3 is 1.97 bits per heavy atom. The second-order valence-electron chi connectivity index (χ2n) is 19.8. The molecule has 3 aromatic carbocycles. The van der Waals surface area contributed by atoms with Gasteiger partial charge in [0.1, 0.15) is 23.9 Å². The van der Waals surface area contributed by atoms with Gasteiger partial charge in [-0.25, -0.2) is 9.59 Å². The van der Waals surface area contributed by atoms with Crippen molar-refractivity contribution in [2.24, 2.45) is 22.7 Å². The summed E-state index contributed by atoms with van der Waals surface area (Å²) in [5, 5.41) is 34.3. The van der Waals surface area contributed by atoms with Crippen molar-refractivity contribution in [2.75, 3.05) is 38.2 Å². The van der Waals surface area contributed by atoms with Crippen LogP contribution in [0.25, 0.3) is 0 Å². The first-order valence-corrected chi connectivity index (χ1v) is 25.4. The van der Waals surface area contributed by atoms with Crippen LogP contribution in [0.1, 0.15) is 86.7 Å². The molecule has 3 aromatic rings. The summed E-state index contributed by atoms with van der Waals surface area (Å²) in [6.07, 6.45) is -9.44. The van der Waals surface area contributed by atoms with Gasteiger partial charge in [0, 0.05) is 44.3 Å². The molecule has 1 aliphatic heterocycles. The molecule has 74 heavy (non-hydrogen) atoms. The molecule has 5 N–H and O–H groups in total. The van der Waals surface area contributed by atoms with Crippen LogP contribution in [0.15, 0.2) is 102 Å². The minimum Gasteiger partial charge on any atom is -0.456 e. The molecule has 4 aliphatic rings. The molecule has 3 amide bonds. The van der Waals surface area contributed by atoms with E-state index >= 15 is 4.79 Å². The first kappa shape index (κ1) is 55.4. The first-order chi connectivity index (χ1) is 35.1. The van der Waals surface area contributed by atoms with Crippen molar-refractivity contribution < 1.29 is 77.0 Å². The molecule has 396 valence electrons. The second kappa shape index (κ2) is 22.7. The molecule has 2 bridgehead atoms. The van der Waals surface area contributed by atoms with Crippen molar-refractivity contribution in [3.8, 4) is 0 Å². The van der Waals surface area contributed by atoms with Gasteiger partial charge < -0.3 is 54.6 Å². The van der Waals surface area contributed by atoms with Crippen molar-refractivity contribution in [1.82, 2.24) is 16.0 Å². The molecule has 7 rings (SSSR count). The zero-order chi connectivity index (χ0) is 53.8. The summed E-state index contributed by atoms with van der Waals surface area (Å²) < 4.78 is 36.7. The lowest BCUT2D eigenvalue weighted by Gasteiger charge is -2.67. The van der Waals surface area contributed by atoms with Crippen molar-refractivity contribution in [2.45, 2.75) is 102 Å². The Hall–Kier alpha value is -6.32. The van der Waals surface area contributed by atoms with Crippen molar-refractivity contribution in [1.29, 1.82) is 0 Å². The molecule has 1 heterocycles. The highest BCUT2D eigenvalue weighted by Gasteiger charge is 2.79. The standard InChI is InChI=1S/C54H62BrN3O16/c1-30-37(72-50(67)42(62)41(33-16-10-7-11-17-33)58-47(64)34-18-12-8-13-19-34)27-54(68)46(73-49(66)35-20-14-9-15-21-35)44-52(6,45(63)43(71-31(2)59)40(30)51(54,4)5)36(26-38-53(44,29-70-38)74-32(3)60)48(65)57-23-25-69-24-22-56-39(61)28-55/h7-21,36-38,41-44,46,62,68H,22-29H2,1-6H3,(H,56,61)(H,57,65)(H,58,64)/t36?,37-,38+,41-,42+,43+,44?,46?,52+,53-,54+/m0/s1. The van der Waals surface area contributed by atoms with Crippen LogP contribution in [-0.4, -0.2) is 138 Å². The van der Waals surface area contributed by atoms with Gasteiger partial charge in [-0.05, 0) is 54.3 Å². The number of carbonyl (C=O) groups is 8. The third-order valence-electron chi connectivity index (χ3n) is 15.1. The lowest BCUT2D eigenvalue weighted by atomic mass is 9.43. The molecule has 1 saturated heterocycles. The first-order valence-electron chi connectivity index (χ1n) is 24.3. The Kier molecular flexibility index (Phi) is 17.0. The molecule has 11 atom stereocenters. The second-order valence-corrected chi connectivity index (χ2v) is 20.3. The Balaban J connectivity index is 1.37. The van der Waals surface area contributed by atoms with Crippen LogP contribution in [-0.2, 0) is 57.2 Å². The monoisotopic (exact) mass is 1090 g/mol. The Labute approximate surface area is 436 Å². The number of ketones is 1. The number of amides is 3. The highest BCUT2D eigenvalue weighted by molar-refractivity contribution is 9.09. The van der Waals surface area contributed by atoms with E-state index in [4.69, 9.17) is 28.4 Å². The lowest BCUT2D eigenvalue weighted by molar-refractivity contribution is -0.339. The average molecular weight is 1090 g/mol. The van der Waals surface area contributed by atoms with E-state index in [0.29, 0.717) is 5.56 Å². The molecule has 19 nitrogen and oxygen atoms in total. The molecule has 2 saturated carbocycles. The summed E-state index contributed by atoms with van der Waals surface area (Å²) in [6, 6.07) is 22.7. The van der Waals surface area contributed by atoms with Crippen LogP contribution in [0.4, 0.5) is 0 Å². The van der Waals surface area contributed by atoms with E-state index in [1.54, 1.807) is 92.7 Å². The van der Waals surface area contributed by atoms with Crippen LogP contribution in [0, 0.1) is 22.7 Å².